The summed E-state index contributed by atoms with van der Waals surface area (Å²) in [6.07, 6.45) is 0. The number of nitrogens with one attached hydrogen (secondary N) is 2. The number of rotatable bonds is 4. The Labute approximate surface area is 180 Å². The molecule has 0 spiro atoms. The van der Waals surface area contributed by atoms with Crippen molar-refractivity contribution in [3.05, 3.63) is 102 Å². The van der Waals surface area contributed by atoms with Crippen LogP contribution >= 0.6 is 12.2 Å². The van der Waals surface area contributed by atoms with E-state index in [2.05, 4.69) is 10.6 Å². The van der Waals surface area contributed by atoms with Gasteiger partial charge in [0.2, 0.25) is 0 Å². The fourth-order valence-electron chi connectivity index (χ4n) is 3.19. The maximum Gasteiger partial charge on any atom is 0.266 e. The topological polar surface area (TPSA) is 50.4 Å². The van der Waals surface area contributed by atoms with Crippen molar-refractivity contribution in [2.45, 2.75) is 6.92 Å². The fraction of sp³-hybridized carbons (Fsp3) is 0.0400. The molecule has 0 aromatic heterocycles. The molecule has 0 aliphatic heterocycles. The van der Waals surface area contributed by atoms with Gasteiger partial charge >= 0.3 is 0 Å². The van der Waals surface area contributed by atoms with Crippen LogP contribution < -0.4 is 15.4 Å². The Hall–Kier alpha value is -3.70. The number of hydrogen-bond acceptors (Lipinski definition) is 3. The van der Waals surface area contributed by atoms with Gasteiger partial charge in [-0.3, -0.25) is 4.79 Å². The van der Waals surface area contributed by atoms with Gasteiger partial charge in [0.25, 0.3) is 11.1 Å². The lowest BCUT2D eigenvalue weighted by Crippen LogP contribution is -2.17. The van der Waals surface area contributed by atoms with Crippen LogP contribution in [0.5, 0.6) is 5.75 Å². The fourth-order valence-corrected chi connectivity index (χ4v) is 3.39. The Bertz CT molecular complexity index is 1230. The number of carbonyl (C=O) groups excluding carboxylic acids is 1. The van der Waals surface area contributed by atoms with Crippen molar-refractivity contribution in [1.82, 2.24) is 0 Å². The molecule has 0 aliphatic carbocycles. The number of ether oxygens (including phenoxy) is 1. The molecule has 0 atom stereocenters. The van der Waals surface area contributed by atoms with E-state index in [-0.39, 0.29) is 11.1 Å². The van der Waals surface area contributed by atoms with Crippen molar-refractivity contribution in [2.75, 3.05) is 10.6 Å². The van der Waals surface area contributed by atoms with E-state index in [9.17, 15) is 4.79 Å². The zero-order chi connectivity index (χ0) is 20.9. The van der Waals surface area contributed by atoms with Crippen LogP contribution in [-0.4, -0.2) is 11.1 Å². The summed E-state index contributed by atoms with van der Waals surface area (Å²) in [6.45, 7) is 1.99. The molecule has 4 rings (SSSR count). The second kappa shape index (κ2) is 8.76. The molecule has 30 heavy (non-hydrogen) atoms. The largest absolute Gasteiger partial charge is 0.432 e. The summed E-state index contributed by atoms with van der Waals surface area (Å²) in [5, 5.41) is 8.34. The molecule has 0 radical (unpaired) electrons. The van der Waals surface area contributed by atoms with E-state index < -0.39 is 0 Å². The third kappa shape index (κ3) is 4.47. The van der Waals surface area contributed by atoms with E-state index in [0.717, 1.165) is 27.7 Å². The Balaban J connectivity index is 1.48. The molecule has 0 unspecified atom stereocenters. The van der Waals surface area contributed by atoms with Crippen LogP contribution in [0.25, 0.3) is 10.8 Å². The van der Waals surface area contributed by atoms with Crippen LogP contribution in [0, 0.1) is 6.92 Å². The average Bonchev–Trinajstić information content (AvgIpc) is 2.76. The standard InChI is InChI=1S/C25H20N2O2S/c1-17-8-2-5-14-22(17)27-25(30)29-20-12-6-11-19(16-20)24(28)26-23-15-7-10-18-9-3-4-13-21(18)23/h2-16H,1H3,(H,26,28)(H,27,30). The van der Waals surface area contributed by atoms with Gasteiger partial charge in [0.05, 0.1) is 0 Å². The van der Waals surface area contributed by atoms with Gasteiger partial charge in [0.15, 0.2) is 0 Å². The van der Waals surface area contributed by atoms with E-state index in [0.29, 0.717) is 11.3 Å². The summed E-state index contributed by atoms with van der Waals surface area (Å²) >= 11 is 5.31. The Kier molecular flexibility index (Phi) is 5.72. The number of amides is 1. The minimum Gasteiger partial charge on any atom is -0.432 e. The number of carbonyl (C=O) groups is 1. The number of fused-ring (bicyclic) bond motifs is 1. The van der Waals surface area contributed by atoms with Gasteiger partial charge in [0, 0.05) is 22.3 Å². The molecule has 0 bridgehead atoms. The van der Waals surface area contributed by atoms with Gasteiger partial charge in [-0.15, -0.1) is 0 Å². The van der Waals surface area contributed by atoms with E-state index in [1.807, 2.05) is 73.7 Å². The molecule has 0 saturated carbocycles. The van der Waals surface area contributed by atoms with Crippen LogP contribution in [0.3, 0.4) is 0 Å². The van der Waals surface area contributed by atoms with E-state index in [4.69, 9.17) is 17.0 Å². The smallest absolute Gasteiger partial charge is 0.266 e. The first kappa shape index (κ1) is 19.6. The molecule has 0 fully saturated rings. The number of anilines is 2. The minimum atomic E-state index is -0.213. The number of para-hydroxylation sites is 1. The lowest BCUT2D eigenvalue weighted by molar-refractivity contribution is 0.102. The van der Waals surface area contributed by atoms with Crippen LogP contribution in [0.2, 0.25) is 0 Å². The minimum absolute atomic E-state index is 0.213. The molecule has 1 amide bonds. The summed E-state index contributed by atoms with van der Waals surface area (Å²) in [5.41, 5.74) is 3.19. The van der Waals surface area contributed by atoms with E-state index in [1.54, 1.807) is 24.3 Å². The molecule has 0 aliphatic rings. The Morgan fingerprint density at radius 3 is 2.37 bits per heavy atom. The summed E-state index contributed by atoms with van der Waals surface area (Å²) < 4.78 is 5.72. The molecular weight excluding hydrogens is 392 g/mol. The van der Waals surface area contributed by atoms with E-state index >= 15 is 0 Å². The highest BCUT2D eigenvalue weighted by Gasteiger charge is 2.10. The quantitative estimate of drug-likeness (QED) is 0.393. The molecule has 0 heterocycles. The number of thiocarbonyl (C=S) groups is 1. The monoisotopic (exact) mass is 412 g/mol. The second-order valence-electron chi connectivity index (χ2n) is 6.84. The van der Waals surface area contributed by atoms with Gasteiger partial charge in [-0.05, 0) is 60.4 Å². The SMILES string of the molecule is Cc1ccccc1NC(=S)Oc1cccc(C(=O)Nc2cccc3ccccc23)c1. The first-order valence-corrected chi connectivity index (χ1v) is 9.94. The summed E-state index contributed by atoms with van der Waals surface area (Å²) in [6, 6.07) is 28.5. The molecule has 2 N–H and O–H groups in total. The average molecular weight is 413 g/mol. The molecule has 4 nitrogen and oxygen atoms in total. The van der Waals surface area contributed by atoms with Crippen LogP contribution in [-0.2, 0) is 0 Å². The molecule has 4 aromatic carbocycles. The number of hydrogen-bond donors (Lipinski definition) is 2. The lowest BCUT2D eigenvalue weighted by Gasteiger charge is -2.12. The predicted molar refractivity (Wildman–Crippen MR) is 126 cm³/mol. The van der Waals surface area contributed by atoms with Gasteiger partial charge in [-0.1, -0.05) is 60.7 Å². The highest BCUT2D eigenvalue weighted by atomic mass is 32.1. The van der Waals surface area contributed by atoms with E-state index in [1.165, 1.54) is 0 Å². The van der Waals surface area contributed by atoms with Crippen molar-refractivity contribution in [1.29, 1.82) is 0 Å². The zero-order valence-corrected chi connectivity index (χ0v) is 17.2. The van der Waals surface area contributed by atoms with Crippen LogP contribution in [0.4, 0.5) is 11.4 Å². The van der Waals surface area contributed by atoms with Crippen molar-refractivity contribution < 1.29 is 9.53 Å². The highest BCUT2D eigenvalue weighted by Crippen LogP contribution is 2.24. The molecular formula is C25H20N2O2S. The summed E-state index contributed by atoms with van der Waals surface area (Å²) in [5.74, 6) is 0.279. The molecule has 5 heteroatoms. The molecule has 4 aromatic rings. The Morgan fingerprint density at radius 2 is 1.50 bits per heavy atom. The zero-order valence-electron chi connectivity index (χ0n) is 16.4. The van der Waals surface area contributed by atoms with Gasteiger partial charge in [-0.2, -0.15) is 0 Å². The van der Waals surface area contributed by atoms with Gasteiger partial charge in [-0.25, -0.2) is 0 Å². The van der Waals surface area contributed by atoms with Gasteiger partial charge in [0.1, 0.15) is 5.75 Å². The molecule has 148 valence electrons. The van der Waals surface area contributed by atoms with Crippen molar-refractivity contribution in [3.63, 3.8) is 0 Å². The van der Waals surface area contributed by atoms with Crippen molar-refractivity contribution in [3.8, 4) is 5.75 Å². The number of benzene rings is 4. The first-order chi connectivity index (χ1) is 14.6. The maximum absolute atomic E-state index is 12.8. The highest BCUT2D eigenvalue weighted by molar-refractivity contribution is 7.80. The van der Waals surface area contributed by atoms with Crippen LogP contribution in [0.15, 0.2) is 91.0 Å². The normalized spacial score (nSPS) is 10.4. The van der Waals surface area contributed by atoms with Crippen molar-refractivity contribution >= 4 is 45.4 Å². The third-order valence-corrected chi connectivity index (χ3v) is 4.91. The third-order valence-electron chi connectivity index (χ3n) is 4.73. The van der Waals surface area contributed by atoms with Gasteiger partial charge < -0.3 is 15.4 Å². The number of aryl methyl sites for hydroxylation is 1. The molecule has 0 saturated heterocycles. The summed E-state index contributed by atoms with van der Waals surface area (Å²) in [7, 11) is 0. The second-order valence-corrected chi connectivity index (χ2v) is 7.21. The lowest BCUT2D eigenvalue weighted by atomic mass is 10.1. The summed E-state index contributed by atoms with van der Waals surface area (Å²) in [4.78, 5) is 12.8. The van der Waals surface area contributed by atoms with Crippen LogP contribution in [0.1, 0.15) is 15.9 Å². The first-order valence-electron chi connectivity index (χ1n) is 9.54. The maximum atomic E-state index is 12.8. The van der Waals surface area contributed by atoms with Crippen molar-refractivity contribution in [2.24, 2.45) is 0 Å². The predicted octanol–water partition coefficient (Wildman–Crippen LogP) is 6.18. The Morgan fingerprint density at radius 1 is 0.800 bits per heavy atom.